The Labute approximate surface area is 107 Å². The van der Waals surface area contributed by atoms with Gasteiger partial charge in [-0.25, -0.2) is 4.98 Å². The zero-order valence-corrected chi connectivity index (χ0v) is 11.6. The van der Waals surface area contributed by atoms with E-state index >= 15 is 0 Å². The van der Waals surface area contributed by atoms with Gasteiger partial charge in [-0.2, -0.15) is 0 Å². The second kappa shape index (κ2) is 4.88. The second-order valence-corrected chi connectivity index (χ2v) is 5.54. The standard InChI is InChI=1S/C14H18N2S/c1-9-5-6-10(2)13(7-9)15-11(3)14-8-17-12(4)16-14/h5-8,11,15H,1-4H3. The van der Waals surface area contributed by atoms with Gasteiger partial charge in [0.05, 0.1) is 16.7 Å². The molecule has 1 aromatic carbocycles. The Morgan fingerprint density at radius 2 is 2.00 bits per heavy atom. The van der Waals surface area contributed by atoms with Gasteiger partial charge in [0.1, 0.15) is 0 Å². The lowest BCUT2D eigenvalue weighted by atomic mass is 10.1. The van der Waals surface area contributed by atoms with E-state index in [1.807, 2.05) is 6.92 Å². The fourth-order valence-corrected chi connectivity index (χ4v) is 2.48. The van der Waals surface area contributed by atoms with Crippen molar-refractivity contribution >= 4 is 17.0 Å². The monoisotopic (exact) mass is 246 g/mol. The van der Waals surface area contributed by atoms with Gasteiger partial charge < -0.3 is 5.32 Å². The molecule has 0 aliphatic carbocycles. The van der Waals surface area contributed by atoms with Gasteiger partial charge in [-0.15, -0.1) is 11.3 Å². The molecule has 17 heavy (non-hydrogen) atoms. The minimum Gasteiger partial charge on any atom is -0.377 e. The fourth-order valence-electron chi connectivity index (χ4n) is 1.78. The summed E-state index contributed by atoms with van der Waals surface area (Å²) in [6, 6.07) is 6.72. The molecule has 90 valence electrons. The molecule has 1 atom stereocenters. The number of rotatable bonds is 3. The SMILES string of the molecule is Cc1ccc(C)c(NC(C)c2csc(C)n2)c1. The van der Waals surface area contributed by atoms with E-state index in [4.69, 9.17) is 0 Å². The molecule has 0 saturated heterocycles. The first-order valence-electron chi connectivity index (χ1n) is 5.82. The maximum absolute atomic E-state index is 4.51. The predicted molar refractivity (Wildman–Crippen MR) is 74.8 cm³/mol. The first kappa shape index (κ1) is 12.1. The number of hydrogen-bond donors (Lipinski definition) is 1. The molecule has 3 heteroatoms. The molecule has 0 aliphatic rings. The zero-order valence-electron chi connectivity index (χ0n) is 10.7. The van der Waals surface area contributed by atoms with Crippen molar-refractivity contribution in [2.45, 2.75) is 33.7 Å². The van der Waals surface area contributed by atoms with E-state index in [9.17, 15) is 0 Å². The summed E-state index contributed by atoms with van der Waals surface area (Å²) in [4.78, 5) is 4.51. The van der Waals surface area contributed by atoms with Gasteiger partial charge in [0, 0.05) is 11.1 Å². The first-order chi connectivity index (χ1) is 8.06. The molecule has 2 rings (SSSR count). The largest absolute Gasteiger partial charge is 0.377 e. The third-order valence-electron chi connectivity index (χ3n) is 2.85. The van der Waals surface area contributed by atoms with Crippen molar-refractivity contribution in [2.75, 3.05) is 5.32 Å². The number of thiazole rings is 1. The van der Waals surface area contributed by atoms with Crippen molar-refractivity contribution in [1.82, 2.24) is 4.98 Å². The van der Waals surface area contributed by atoms with Gasteiger partial charge in [-0.1, -0.05) is 12.1 Å². The van der Waals surface area contributed by atoms with Crippen molar-refractivity contribution in [3.8, 4) is 0 Å². The summed E-state index contributed by atoms with van der Waals surface area (Å²) in [6.07, 6.45) is 0. The van der Waals surface area contributed by atoms with Crippen LogP contribution in [0.1, 0.15) is 34.8 Å². The van der Waals surface area contributed by atoms with Gasteiger partial charge in [-0.05, 0) is 44.9 Å². The topological polar surface area (TPSA) is 24.9 Å². The molecule has 1 N–H and O–H groups in total. The highest BCUT2D eigenvalue weighted by atomic mass is 32.1. The van der Waals surface area contributed by atoms with E-state index in [2.05, 4.69) is 54.7 Å². The smallest absolute Gasteiger partial charge is 0.0898 e. The fraction of sp³-hybridized carbons (Fsp3) is 0.357. The summed E-state index contributed by atoms with van der Waals surface area (Å²) in [6.45, 7) is 8.43. The summed E-state index contributed by atoms with van der Waals surface area (Å²) in [5.74, 6) is 0. The molecule has 0 fully saturated rings. The zero-order chi connectivity index (χ0) is 12.4. The number of benzene rings is 1. The Balaban J connectivity index is 2.18. The van der Waals surface area contributed by atoms with Crippen LogP contribution in [-0.2, 0) is 0 Å². The molecule has 1 heterocycles. The first-order valence-corrected chi connectivity index (χ1v) is 6.70. The molecule has 1 aromatic heterocycles. The highest BCUT2D eigenvalue weighted by Gasteiger charge is 2.09. The van der Waals surface area contributed by atoms with Crippen LogP contribution in [0.15, 0.2) is 23.6 Å². The molecule has 0 aliphatic heterocycles. The van der Waals surface area contributed by atoms with Crippen LogP contribution in [0.25, 0.3) is 0 Å². The van der Waals surface area contributed by atoms with E-state index in [-0.39, 0.29) is 6.04 Å². The molecule has 0 bridgehead atoms. The van der Waals surface area contributed by atoms with Gasteiger partial charge >= 0.3 is 0 Å². The normalized spacial score (nSPS) is 12.5. The minimum atomic E-state index is 0.250. The number of anilines is 1. The van der Waals surface area contributed by atoms with E-state index in [0.29, 0.717) is 0 Å². The second-order valence-electron chi connectivity index (χ2n) is 4.48. The Hall–Kier alpha value is -1.35. The number of nitrogens with zero attached hydrogens (tertiary/aromatic N) is 1. The molecular weight excluding hydrogens is 228 g/mol. The Morgan fingerprint density at radius 3 is 2.65 bits per heavy atom. The third-order valence-corrected chi connectivity index (χ3v) is 3.64. The molecule has 2 aromatic rings. The lowest BCUT2D eigenvalue weighted by Crippen LogP contribution is -2.08. The molecule has 2 nitrogen and oxygen atoms in total. The van der Waals surface area contributed by atoms with E-state index < -0.39 is 0 Å². The van der Waals surface area contributed by atoms with Gasteiger partial charge in [-0.3, -0.25) is 0 Å². The highest BCUT2D eigenvalue weighted by Crippen LogP contribution is 2.23. The average Bonchev–Trinajstić information content (AvgIpc) is 2.70. The maximum Gasteiger partial charge on any atom is 0.0898 e. The average molecular weight is 246 g/mol. The van der Waals surface area contributed by atoms with Crippen LogP contribution >= 0.6 is 11.3 Å². The summed E-state index contributed by atoms with van der Waals surface area (Å²) >= 11 is 1.70. The van der Waals surface area contributed by atoms with Crippen LogP contribution in [-0.4, -0.2) is 4.98 Å². The Bertz CT molecular complexity index is 517. The van der Waals surface area contributed by atoms with Gasteiger partial charge in [0.15, 0.2) is 0 Å². The van der Waals surface area contributed by atoms with Crippen LogP contribution in [0.4, 0.5) is 5.69 Å². The molecule has 1 unspecified atom stereocenters. The lowest BCUT2D eigenvalue weighted by Gasteiger charge is -2.15. The maximum atomic E-state index is 4.51. The Kier molecular flexibility index (Phi) is 3.48. The van der Waals surface area contributed by atoms with Crippen LogP contribution in [0, 0.1) is 20.8 Å². The number of hydrogen-bond acceptors (Lipinski definition) is 3. The summed E-state index contributed by atoms with van der Waals surface area (Å²) in [5.41, 5.74) is 4.87. The van der Waals surface area contributed by atoms with Gasteiger partial charge in [0.2, 0.25) is 0 Å². The van der Waals surface area contributed by atoms with Crippen LogP contribution in [0.3, 0.4) is 0 Å². The molecule has 0 spiro atoms. The van der Waals surface area contributed by atoms with Crippen LogP contribution in [0.5, 0.6) is 0 Å². The van der Waals surface area contributed by atoms with E-state index in [1.165, 1.54) is 16.8 Å². The summed E-state index contributed by atoms with van der Waals surface area (Å²) < 4.78 is 0. The van der Waals surface area contributed by atoms with E-state index in [0.717, 1.165) is 10.7 Å². The van der Waals surface area contributed by atoms with Crippen molar-refractivity contribution in [3.63, 3.8) is 0 Å². The quantitative estimate of drug-likeness (QED) is 0.876. The minimum absolute atomic E-state index is 0.250. The molecular formula is C14H18N2S. The summed E-state index contributed by atoms with van der Waals surface area (Å²) in [5, 5.41) is 6.77. The van der Waals surface area contributed by atoms with Gasteiger partial charge in [0.25, 0.3) is 0 Å². The van der Waals surface area contributed by atoms with Crippen LogP contribution in [0.2, 0.25) is 0 Å². The third kappa shape index (κ3) is 2.86. The highest BCUT2D eigenvalue weighted by molar-refractivity contribution is 7.09. The van der Waals surface area contributed by atoms with E-state index in [1.54, 1.807) is 11.3 Å². The molecule has 0 amide bonds. The lowest BCUT2D eigenvalue weighted by molar-refractivity contribution is 0.843. The van der Waals surface area contributed by atoms with Crippen molar-refractivity contribution in [3.05, 3.63) is 45.4 Å². The van der Waals surface area contributed by atoms with Crippen molar-refractivity contribution in [1.29, 1.82) is 0 Å². The predicted octanol–water partition coefficient (Wildman–Crippen LogP) is 4.24. The molecule has 0 radical (unpaired) electrons. The Morgan fingerprint density at radius 1 is 1.24 bits per heavy atom. The molecule has 0 saturated carbocycles. The van der Waals surface area contributed by atoms with Crippen molar-refractivity contribution < 1.29 is 0 Å². The number of aromatic nitrogens is 1. The number of nitrogens with one attached hydrogen (secondary N) is 1. The number of aryl methyl sites for hydroxylation is 3. The van der Waals surface area contributed by atoms with Crippen LogP contribution < -0.4 is 5.32 Å². The summed E-state index contributed by atoms with van der Waals surface area (Å²) in [7, 11) is 0. The van der Waals surface area contributed by atoms with Crippen molar-refractivity contribution in [2.24, 2.45) is 0 Å².